The molecule has 0 radical (unpaired) electrons. The molecule has 1 aliphatic heterocycles. The maximum absolute atomic E-state index is 12.5. The van der Waals surface area contributed by atoms with Crippen LogP contribution in [-0.4, -0.2) is 33.3 Å². The first-order valence-electron chi connectivity index (χ1n) is 6.42. The van der Waals surface area contributed by atoms with E-state index in [9.17, 15) is 9.59 Å². The van der Waals surface area contributed by atoms with E-state index < -0.39 is 5.54 Å². The van der Waals surface area contributed by atoms with Gasteiger partial charge in [0.15, 0.2) is 0 Å². The summed E-state index contributed by atoms with van der Waals surface area (Å²) in [4.78, 5) is 30.2. The molecule has 1 unspecified atom stereocenters. The van der Waals surface area contributed by atoms with Gasteiger partial charge in [-0.25, -0.2) is 0 Å². The first kappa shape index (κ1) is 13.5. The molecule has 1 aromatic heterocycles. The summed E-state index contributed by atoms with van der Waals surface area (Å²) in [6, 6.07) is 5.49. The fourth-order valence-electron chi connectivity index (χ4n) is 2.28. The molecule has 5 nitrogen and oxygen atoms in total. The second-order valence-corrected chi connectivity index (χ2v) is 5.48. The Balaban J connectivity index is 2.26. The molecule has 1 aromatic rings. The van der Waals surface area contributed by atoms with Crippen LogP contribution >= 0.6 is 0 Å². The van der Waals surface area contributed by atoms with Crippen molar-refractivity contribution >= 4 is 11.8 Å². The minimum absolute atomic E-state index is 0.0727. The Hall–Kier alpha value is -1.91. The molecule has 0 aromatic carbocycles. The summed E-state index contributed by atoms with van der Waals surface area (Å²) < 4.78 is 0. The standard InChI is InChI=1S/C14H19N3O2/c1-10-8-12(18)16-14(2,3)13(19)17(10)9-11-6-4-5-7-15-11/h4-7,10H,8-9H2,1-3H3,(H,16,18). The van der Waals surface area contributed by atoms with Crippen LogP contribution in [0.2, 0.25) is 0 Å². The van der Waals surface area contributed by atoms with Crippen LogP contribution in [-0.2, 0) is 16.1 Å². The summed E-state index contributed by atoms with van der Waals surface area (Å²) in [5, 5.41) is 2.76. The highest BCUT2D eigenvalue weighted by Gasteiger charge is 2.39. The van der Waals surface area contributed by atoms with Crippen LogP contribution in [0.4, 0.5) is 0 Å². The predicted octanol–water partition coefficient (Wildman–Crippen LogP) is 1.10. The zero-order valence-electron chi connectivity index (χ0n) is 11.5. The lowest BCUT2D eigenvalue weighted by atomic mass is 10.0. The molecule has 102 valence electrons. The molecule has 2 rings (SSSR count). The monoisotopic (exact) mass is 261 g/mol. The molecule has 2 amide bonds. The number of carbonyl (C=O) groups is 2. The maximum Gasteiger partial charge on any atom is 0.248 e. The van der Waals surface area contributed by atoms with Crippen LogP contribution in [0.15, 0.2) is 24.4 Å². The van der Waals surface area contributed by atoms with Crippen LogP contribution in [0.25, 0.3) is 0 Å². The predicted molar refractivity (Wildman–Crippen MR) is 71.1 cm³/mol. The number of hydrogen-bond acceptors (Lipinski definition) is 3. The van der Waals surface area contributed by atoms with E-state index in [2.05, 4.69) is 10.3 Å². The number of carbonyl (C=O) groups excluding carboxylic acids is 2. The molecule has 0 saturated carbocycles. The van der Waals surface area contributed by atoms with Crippen molar-refractivity contribution in [3.8, 4) is 0 Å². The Morgan fingerprint density at radius 1 is 1.42 bits per heavy atom. The van der Waals surface area contributed by atoms with Gasteiger partial charge >= 0.3 is 0 Å². The zero-order valence-corrected chi connectivity index (χ0v) is 11.5. The molecule has 1 N–H and O–H groups in total. The maximum atomic E-state index is 12.5. The summed E-state index contributed by atoms with van der Waals surface area (Å²) in [6.45, 7) is 5.79. The van der Waals surface area contributed by atoms with Gasteiger partial charge in [0.25, 0.3) is 0 Å². The van der Waals surface area contributed by atoms with E-state index in [1.807, 2.05) is 25.1 Å². The van der Waals surface area contributed by atoms with Crippen molar-refractivity contribution in [2.75, 3.05) is 0 Å². The minimum Gasteiger partial charge on any atom is -0.342 e. The molecule has 0 aliphatic carbocycles. The fourth-order valence-corrected chi connectivity index (χ4v) is 2.28. The number of aromatic nitrogens is 1. The highest BCUT2D eigenvalue weighted by Crippen LogP contribution is 2.19. The molecule has 0 bridgehead atoms. The van der Waals surface area contributed by atoms with Crippen LogP contribution in [0.1, 0.15) is 32.9 Å². The largest absolute Gasteiger partial charge is 0.342 e. The van der Waals surface area contributed by atoms with Gasteiger partial charge in [-0.3, -0.25) is 14.6 Å². The van der Waals surface area contributed by atoms with Crippen LogP contribution in [0, 0.1) is 0 Å². The molecular weight excluding hydrogens is 242 g/mol. The number of hydrogen-bond donors (Lipinski definition) is 1. The van der Waals surface area contributed by atoms with Gasteiger partial charge in [0, 0.05) is 18.7 Å². The van der Waals surface area contributed by atoms with Crippen molar-refractivity contribution in [1.29, 1.82) is 0 Å². The molecule has 19 heavy (non-hydrogen) atoms. The van der Waals surface area contributed by atoms with E-state index in [-0.39, 0.29) is 17.9 Å². The molecule has 1 atom stereocenters. The van der Waals surface area contributed by atoms with Crippen molar-refractivity contribution in [3.63, 3.8) is 0 Å². The average Bonchev–Trinajstić information content (AvgIpc) is 2.41. The summed E-state index contributed by atoms with van der Waals surface area (Å²) in [6.07, 6.45) is 2.03. The number of rotatable bonds is 2. The normalized spacial score (nSPS) is 22.9. The van der Waals surface area contributed by atoms with E-state index in [4.69, 9.17) is 0 Å². The highest BCUT2D eigenvalue weighted by molar-refractivity contribution is 5.93. The van der Waals surface area contributed by atoms with Crippen molar-refractivity contribution in [2.45, 2.75) is 45.3 Å². The Bertz CT molecular complexity index is 485. The van der Waals surface area contributed by atoms with Gasteiger partial charge in [0.2, 0.25) is 11.8 Å². The summed E-state index contributed by atoms with van der Waals surface area (Å²) in [7, 11) is 0. The summed E-state index contributed by atoms with van der Waals surface area (Å²) >= 11 is 0. The Morgan fingerprint density at radius 3 is 2.79 bits per heavy atom. The van der Waals surface area contributed by atoms with Gasteiger partial charge in [-0.15, -0.1) is 0 Å². The van der Waals surface area contributed by atoms with E-state index >= 15 is 0 Å². The Kier molecular flexibility index (Phi) is 3.55. The molecule has 1 saturated heterocycles. The quantitative estimate of drug-likeness (QED) is 0.867. The number of pyridine rings is 1. The van der Waals surface area contributed by atoms with E-state index in [1.54, 1.807) is 24.9 Å². The molecule has 1 aliphatic rings. The lowest BCUT2D eigenvalue weighted by molar-refractivity contribution is -0.139. The van der Waals surface area contributed by atoms with Crippen LogP contribution in [0.5, 0.6) is 0 Å². The topological polar surface area (TPSA) is 62.3 Å². The van der Waals surface area contributed by atoms with Gasteiger partial charge in [0.1, 0.15) is 5.54 Å². The van der Waals surface area contributed by atoms with Crippen molar-refractivity contribution in [3.05, 3.63) is 30.1 Å². The van der Waals surface area contributed by atoms with E-state index in [0.717, 1.165) is 5.69 Å². The van der Waals surface area contributed by atoms with Gasteiger partial charge < -0.3 is 10.2 Å². The minimum atomic E-state index is -0.864. The first-order chi connectivity index (χ1) is 8.90. The third-order valence-corrected chi connectivity index (χ3v) is 3.32. The molecule has 2 heterocycles. The fraction of sp³-hybridized carbons (Fsp3) is 0.500. The van der Waals surface area contributed by atoms with E-state index in [0.29, 0.717) is 13.0 Å². The smallest absolute Gasteiger partial charge is 0.248 e. The van der Waals surface area contributed by atoms with Gasteiger partial charge in [-0.05, 0) is 32.9 Å². The summed E-state index contributed by atoms with van der Waals surface area (Å²) in [5.74, 6) is -0.161. The highest BCUT2D eigenvalue weighted by atomic mass is 16.2. The second kappa shape index (κ2) is 4.99. The molecular formula is C14H19N3O2. The van der Waals surface area contributed by atoms with Crippen molar-refractivity contribution < 1.29 is 9.59 Å². The first-order valence-corrected chi connectivity index (χ1v) is 6.42. The lowest BCUT2D eigenvalue weighted by Gasteiger charge is -2.31. The average molecular weight is 261 g/mol. The van der Waals surface area contributed by atoms with Crippen molar-refractivity contribution in [2.24, 2.45) is 0 Å². The SMILES string of the molecule is CC1CC(=O)NC(C)(C)C(=O)N1Cc1ccccn1. The van der Waals surface area contributed by atoms with Crippen LogP contribution < -0.4 is 5.32 Å². The molecule has 0 spiro atoms. The number of nitrogens with one attached hydrogen (secondary N) is 1. The van der Waals surface area contributed by atoms with Crippen LogP contribution in [0.3, 0.4) is 0 Å². The van der Waals surface area contributed by atoms with Gasteiger partial charge in [-0.2, -0.15) is 0 Å². The molecule has 1 fully saturated rings. The third-order valence-electron chi connectivity index (χ3n) is 3.32. The Labute approximate surface area is 113 Å². The van der Waals surface area contributed by atoms with E-state index in [1.165, 1.54) is 0 Å². The van der Waals surface area contributed by atoms with Crippen molar-refractivity contribution in [1.82, 2.24) is 15.2 Å². The van der Waals surface area contributed by atoms with Gasteiger partial charge in [-0.1, -0.05) is 6.07 Å². The number of nitrogens with zero attached hydrogens (tertiary/aromatic N) is 2. The molecule has 5 heteroatoms. The summed E-state index contributed by atoms with van der Waals surface area (Å²) in [5.41, 5.74) is -0.0377. The zero-order chi connectivity index (χ0) is 14.0. The second-order valence-electron chi connectivity index (χ2n) is 5.48. The Morgan fingerprint density at radius 2 is 2.16 bits per heavy atom. The number of amides is 2. The lowest BCUT2D eigenvalue weighted by Crippen LogP contribution is -2.53. The third kappa shape index (κ3) is 2.92. The van der Waals surface area contributed by atoms with Gasteiger partial charge in [0.05, 0.1) is 12.2 Å².